The molecule has 1 aromatic carbocycles. The summed E-state index contributed by atoms with van der Waals surface area (Å²) in [4.78, 5) is 25.5. The van der Waals surface area contributed by atoms with Gasteiger partial charge in [0.2, 0.25) is 0 Å². The Bertz CT molecular complexity index is 970. The molecule has 146 valence electrons. The SMILES string of the molecule is COC(=O)C(Cc1ccccc1)NC(=O)c1cc2sccc2n1C1CCCC1. The molecule has 3 aromatic rings. The first-order valence-electron chi connectivity index (χ1n) is 9.68. The van der Waals surface area contributed by atoms with Crippen LogP contribution in [0.25, 0.3) is 10.2 Å². The molecule has 0 aliphatic heterocycles. The van der Waals surface area contributed by atoms with Crippen LogP contribution in [0, 0.1) is 0 Å². The zero-order chi connectivity index (χ0) is 19.5. The van der Waals surface area contributed by atoms with Crippen molar-refractivity contribution in [1.82, 2.24) is 9.88 Å². The Kier molecular flexibility index (Phi) is 5.48. The van der Waals surface area contributed by atoms with Crippen molar-refractivity contribution in [3.8, 4) is 0 Å². The normalized spacial score (nSPS) is 15.6. The van der Waals surface area contributed by atoms with Gasteiger partial charge in [-0.2, -0.15) is 0 Å². The van der Waals surface area contributed by atoms with Gasteiger partial charge in [-0.15, -0.1) is 11.3 Å². The molecule has 5 nitrogen and oxygen atoms in total. The second-order valence-corrected chi connectivity index (χ2v) is 8.19. The zero-order valence-corrected chi connectivity index (χ0v) is 16.7. The summed E-state index contributed by atoms with van der Waals surface area (Å²) in [5.74, 6) is -0.653. The van der Waals surface area contributed by atoms with Crippen LogP contribution in [0.1, 0.15) is 47.8 Å². The molecule has 1 saturated carbocycles. The lowest BCUT2D eigenvalue weighted by atomic mass is 10.1. The Hall–Kier alpha value is -2.60. The van der Waals surface area contributed by atoms with Crippen molar-refractivity contribution in [3.63, 3.8) is 0 Å². The molecule has 1 atom stereocenters. The summed E-state index contributed by atoms with van der Waals surface area (Å²) < 4.78 is 8.21. The number of ether oxygens (including phenoxy) is 1. The van der Waals surface area contributed by atoms with Crippen LogP contribution in [0.15, 0.2) is 47.8 Å². The topological polar surface area (TPSA) is 60.3 Å². The van der Waals surface area contributed by atoms with Gasteiger partial charge < -0.3 is 14.6 Å². The molecule has 1 fully saturated rings. The van der Waals surface area contributed by atoms with Crippen molar-refractivity contribution in [2.75, 3.05) is 7.11 Å². The second-order valence-electron chi connectivity index (χ2n) is 7.25. The molecule has 0 bridgehead atoms. The van der Waals surface area contributed by atoms with Gasteiger partial charge in [-0.25, -0.2) is 4.79 Å². The quantitative estimate of drug-likeness (QED) is 0.631. The van der Waals surface area contributed by atoms with E-state index in [-0.39, 0.29) is 5.91 Å². The van der Waals surface area contributed by atoms with Gasteiger partial charge in [-0.05, 0) is 35.9 Å². The van der Waals surface area contributed by atoms with Crippen LogP contribution in [0.2, 0.25) is 0 Å². The number of nitrogens with zero attached hydrogens (tertiary/aromatic N) is 1. The highest BCUT2D eigenvalue weighted by Crippen LogP contribution is 2.36. The van der Waals surface area contributed by atoms with E-state index >= 15 is 0 Å². The maximum Gasteiger partial charge on any atom is 0.328 e. The van der Waals surface area contributed by atoms with Crippen LogP contribution in [0.5, 0.6) is 0 Å². The highest BCUT2D eigenvalue weighted by atomic mass is 32.1. The van der Waals surface area contributed by atoms with Gasteiger partial charge in [0.05, 0.1) is 17.3 Å². The molecule has 0 spiro atoms. The average Bonchev–Trinajstić information content (AvgIpc) is 3.44. The van der Waals surface area contributed by atoms with Crippen LogP contribution in [0.3, 0.4) is 0 Å². The number of nitrogens with one attached hydrogen (secondary N) is 1. The van der Waals surface area contributed by atoms with E-state index in [0.717, 1.165) is 28.6 Å². The predicted octanol–water partition coefficient (Wildman–Crippen LogP) is 4.33. The van der Waals surface area contributed by atoms with E-state index in [9.17, 15) is 9.59 Å². The van der Waals surface area contributed by atoms with Gasteiger partial charge in [0.1, 0.15) is 11.7 Å². The number of hydrogen-bond donors (Lipinski definition) is 1. The molecule has 2 aromatic heterocycles. The molecular formula is C22H24N2O3S. The number of carbonyl (C=O) groups excluding carboxylic acids is 2. The maximum absolute atomic E-state index is 13.2. The molecule has 4 rings (SSSR count). The van der Waals surface area contributed by atoms with Crippen molar-refractivity contribution >= 4 is 33.4 Å². The fourth-order valence-corrected chi connectivity index (χ4v) is 4.90. The van der Waals surface area contributed by atoms with Crippen molar-refractivity contribution in [2.45, 2.75) is 44.2 Å². The summed E-state index contributed by atoms with van der Waals surface area (Å²) in [6.07, 6.45) is 4.95. The third-order valence-corrected chi connectivity index (χ3v) is 6.31. The standard InChI is InChI=1S/C22H24N2O3S/c1-27-22(26)17(13-15-7-3-2-4-8-15)23-21(25)19-14-20-18(11-12-28-20)24(19)16-9-5-6-10-16/h2-4,7-8,11-12,14,16-17H,5-6,9-10,13H2,1H3,(H,23,25). The van der Waals surface area contributed by atoms with E-state index in [1.165, 1.54) is 20.0 Å². The molecule has 1 aliphatic carbocycles. The number of rotatable bonds is 6. The molecule has 6 heteroatoms. The van der Waals surface area contributed by atoms with Gasteiger partial charge in [0, 0.05) is 12.5 Å². The second kappa shape index (κ2) is 8.19. The Morgan fingerprint density at radius 3 is 2.68 bits per heavy atom. The Labute approximate surface area is 168 Å². The largest absolute Gasteiger partial charge is 0.467 e. The van der Waals surface area contributed by atoms with Gasteiger partial charge in [0.25, 0.3) is 5.91 Å². The highest BCUT2D eigenvalue weighted by molar-refractivity contribution is 7.17. The minimum absolute atomic E-state index is 0.221. The van der Waals surface area contributed by atoms with Gasteiger partial charge in [-0.1, -0.05) is 43.2 Å². The number of aromatic nitrogens is 1. The van der Waals surface area contributed by atoms with Crippen LogP contribution < -0.4 is 5.32 Å². The van der Waals surface area contributed by atoms with Crippen LogP contribution in [-0.2, 0) is 16.0 Å². The fourth-order valence-electron chi connectivity index (χ4n) is 4.09. The maximum atomic E-state index is 13.2. The van der Waals surface area contributed by atoms with Gasteiger partial charge >= 0.3 is 5.97 Å². The number of thiophene rings is 1. The molecule has 1 unspecified atom stereocenters. The highest BCUT2D eigenvalue weighted by Gasteiger charge is 2.28. The van der Waals surface area contributed by atoms with E-state index in [1.54, 1.807) is 11.3 Å². The Morgan fingerprint density at radius 2 is 1.96 bits per heavy atom. The van der Waals surface area contributed by atoms with E-state index in [0.29, 0.717) is 18.2 Å². The number of amides is 1. The number of esters is 1. The van der Waals surface area contributed by atoms with E-state index in [4.69, 9.17) is 4.74 Å². The Balaban J connectivity index is 1.61. The van der Waals surface area contributed by atoms with E-state index in [2.05, 4.69) is 21.3 Å². The summed E-state index contributed by atoms with van der Waals surface area (Å²) >= 11 is 1.64. The lowest BCUT2D eigenvalue weighted by Crippen LogP contribution is -2.43. The predicted molar refractivity (Wildman–Crippen MR) is 111 cm³/mol. The van der Waals surface area contributed by atoms with Crippen LogP contribution in [-0.4, -0.2) is 29.6 Å². The molecule has 2 heterocycles. The molecule has 0 saturated heterocycles. The van der Waals surface area contributed by atoms with Crippen molar-refractivity contribution < 1.29 is 14.3 Å². The van der Waals surface area contributed by atoms with Crippen LogP contribution >= 0.6 is 11.3 Å². The molecular weight excluding hydrogens is 372 g/mol. The van der Waals surface area contributed by atoms with E-state index in [1.807, 2.05) is 36.4 Å². The molecule has 1 amide bonds. The lowest BCUT2D eigenvalue weighted by Gasteiger charge is -2.20. The third-order valence-electron chi connectivity index (χ3n) is 5.46. The summed E-state index contributed by atoms with van der Waals surface area (Å²) in [7, 11) is 1.35. The fraction of sp³-hybridized carbons (Fsp3) is 0.364. The molecule has 28 heavy (non-hydrogen) atoms. The molecule has 1 aliphatic rings. The first-order chi connectivity index (χ1) is 13.7. The van der Waals surface area contributed by atoms with Gasteiger partial charge in [0.15, 0.2) is 0 Å². The molecule has 0 radical (unpaired) electrons. The summed E-state index contributed by atoms with van der Waals surface area (Å²) in [6, 6.07) is 13.3. The van der Waals surface area contributed by atoms with Crippen molar-refractivity contribution in [1.29, 1.82) is 0 Å². The zero-order valence-electron chi connectivity index (χ0n) is 15.9. The number of carbonyl (C=O) groups is 2. The first kappa shape index (κ1) is 18.7. The van der Waals surface area contributed by atoms with Crippen LogP contribution in [0.4, 0.5) is 0 Å². The summed E-state index contributed by atoms with van der Waals surface area (Å²) in [5, 5.41) is 4.98. The number of fused-ring (bicyclic) bond motifs is 1. The monoisotopic (exact) mass is 396 g/mol. The first-order valence-corrected chi connectivity index (χ1v) is 10.6. The summed E-state index contributed by atoms with van der Waals surface area (Å²) in [6.45, 7) is 0. The lowest BCUT2D eigenvalue weighted by molar-refractivity contribution is -0.142. The van der Waals surface area contributed by atoms with Crippen molar-refractivity contribution in [3.05, 3.63) is 59.1 Å². The van der Waals surface area contributed by atoms with Gasteiger partial charge in [-0.3, -0.25) is 4.79 Å². The third kappa shape index (κ3) is 3.69. The minimum atomic E-state index is -0.718. The number of benzene rings is 1. The smallest absolute Gasteiger partial charge is 0.328 e. The number of hydrogen-bond acceptors (Lipinski definition) is 4. The van der Waals surface area contributed by atoms with E-state index < -0.39 is 12.0 Å². The summed E-state index contributed by atoms with van der Waals surface area (Å²) in [5.41, 5.74) is 2.72. The average molecular weight is 397 g/mol. The minimum Gasteiger partial charge on any atom is -0.467 e. The van der Waals surface area contributed by atoms with Crippen molar-refractivity contribution in [2.24, 2.45) is 0 Å². The number of methoxy groups -OCH3 is 1. The molecule has 1 N–H and O–H groups in total. The Morgan fingerprint density at radius 1 is 1.21 bits per heavy atom.